The first-order valence-corrected chi connectivity index (χ1v) is 5.05. The molecule has 17 heavy (non-hydrogen) atoms. The van der Waals surface area contributed by atoms with Gasteiger partial charge in [0.15, 0.2) is 0 Å². The van der Waals surface area contributed by atoms with Crippen LogP contribution in [0.3, 0.4) is 0 Å². The standard InChI is InChI=1S/C12H14O5/c1-16-10-5-3-9(12(15)17-2)7-8(10)4-6-11(13)14/h3,5,7H,4,6H2,1-2H3,(H,13,14). The van der Waals surface area contributed by atoms with E-state index in [0.29, 0.717) is 23.3 Å². The molecule has 0 spiro atoms. The third kappa shape index (κ3) is 3.48. The molecule has 0 bridgehead atoms. The van der Waals surface area contributed by atoms with E-state index in [1.165, 1.54) is 14.2 Å². The number of aryl methyl sites for hydroxylation is 1. The van der Waals surface area contributed by atoms with Crippen molar-refractivity contribution < 1.29 is 24.2 Å². The Morgan fingerprint density at radius 2 is 2.00 bits per heavy atom. The largest absolute Gasteiger partial charge is 0.496 e. The molecule has 1 aromatic carbocycles. The van der Waals surface area contributed by atoms with Crippen LogP contribution in [0.1, 0.15) is 22.3 Å². The smallest absolute Gasteiger partial charge is 0.337 e. The van der Waals surface area contributed by atoms with Crippen molar-refractivity contribution in [2.75, 3.05) is 14.2 Å². The Morgan fingerprint density at radius 1 is 1.29 bits per heavy atom. The van der Waals surface area contributed by atoms with Crippen LogP contribution in [0.4, 0.5) is 0 Å². The van der Waals surface area contributed by atoms with E-state index in [4.69, 9.17) is 9.84 Å². The summed E-state index contributed by atoms with van der Waals surface area (Å²) in [5.74, 6) is -0.779. The van der Waals surface area contributed by atoms with E-state index < -0.39 is 11.9 Å². The summed E-state index contributed by atoms with van der Waals surface area (Å²) in [5, 5.41) is 8.63. The predicted molar refractivity (Wildman–Crippen MR) is 60.3 cm³/mol. The first-order chi connectivity index (χ1) is 8.08. The Labute approximate surface area is 99.0 Å². The summed E-state index contributed by atoms with van der Waals surface area (Å²) in [7, 11) is 2.79. The second kappa shape index (κ2) is 5.89. The van der Waals surface area contributed by atoms with E-state index in [1.54, 1.807) is 18.2 Å². The molecule has 0 aliphatic rings. The zero-order valence-electron chi connectivity index (χ0n) is 9.73. The van der Waals surface area contributed by atoms with Crippen molar-refractivity contribution >= 4 is 11.9 Å². The van der Waals surface area contributed by atoms with Gasteiger partial charge in [0.25, 0.3) is 0 Å². The SMILES string of the molecule is COC(=O)c1ccc(OC)c(CCC(=O)O)c1. The summed E-state index contributed by atoms with van der Waals surface area (Å²) in [6.07, 6.45) is 0.296. The number of methoxy groups -OCH3 is 2. The molecule has 5 nitrogen and oxygen atoms in total. The van der Waals surface area contributed by atoms with Crippen LogP contribution in [0.2, 0.25) is 0 Å². The van der Waals surface area contributed by atoms with Crippen molar-refractivity contribution in [3.63, 3.8) is 0 Å². The Bertz CT molecular complexity index is 425. The Kier molecular flexibility index (Phi) is 4.51. The van der Waals surface area contributed by atoms with Crippen LogP contribution in [0.5, 0.6) is 5.75 Å². The van der Waals surface area contributed by atoms with Gasteiger partial charge in [-0.25, -0.2) is 4.79 Å². The first-order valence-electron chi connectivity index (χ1n) is 5.05. The number of hydrogen-bond acceptors (Lipinski definition) is 4. The lowest BCUT2D eigenvalue weighted by Gasteiger charge is -2.09. The van der Waals surface area contributed by atoms with Crippen molar-refractivity contribution in [2.24, 2.45) is 0 Å². The Morgan fingerprint density at radius 3 is 2.53 bits per heavy atom. The van der Waals surface area contributed by atoms with Crippen LogP contribution in [-0.4, -0.2) is 31.3 Å². The molecular formula is C12H14O5. The van der Waals surface area contributed by atoms with Crippen LogP contribution < -0.4 is 4.74 Å². The number of carbonyl (C=O) groups excluding carboxylic acids is 1. The number of carboxylic acids is 1. The second-order valence-electron chi connectivity index (χ2n) is 3.41. The van der Waals surface area contributed by atoms with Crippen LogP contribution in [-0.2, 0) is 16.0 Å². The van der Waals surface area contributed by atoms with Crippen LogP contribution in [0.15, 0.2) is 18.2 Å². The molecule has 0 aliphatic carbocycles. The quantitative estimate of drug-likeness (QED) is 0.787. The summed E-state index contributed by atoms with van der Waals surface area (Å²) in [4.78, 5) is 21.8. The molecule has 0 fully saturated rings. The molecule has 0 radical (unpaired) electrons. The zero-order chi connectivity index (χ0) is 12.8. The van der Waals surface area contributed by atoms with E-state index in [-0.39, 0.29) is 6.42 Å². The monoisotopic (exact) mass is 238 g/mol. The molecule has 0 atom stereocenters. The van der Waals surface area contributed by atoms with Gasteiger partial charge >= 0.3 is 11.9 Å². The maximum Gasteiger partial charge on any atom is 0.337 e. The van der Waals surface area contributed by atoms with Crippen molar-refractivity contribution in [3.05, 3.63) is 29.3 Å². The zero-order valence-corrected chi connectivity index (χ0v) is 9.73. The summed E-state index contributed by atoms with van der Waals surface area (Å²) in [5.41, 5.74) is 1.06. The van der Waals surface area contributed by atoms with E-state index in [0.717, 1.165) is 0 Å². The molecule has 0 aromatic heterocycles. The van der Waals surface area contributed by atoms with Gasteiger partial charge in [-0.3, -0.25) is 4.79 Å². The number of aliphatic carboxylic acids is 1. The van der Waals surface area contributed by atoms with Gasteiger partial charge in [-0.1, -0.05) is 0 Å². The normalized spacial score (nSPS) is 9.76. The highest BCUT2D eigenvalue weighted by molar-refractivity contribution is 5.89. The fourth-order valence-corrected chi connectivity index (χ4v) is 1.46. The highest BCUT2D eigenvalue weighted by Gasteiger charge is 2.11. The molecule has 0 heterocycles. The first kappa shape index (κ1) is 13.0. The fourth-order valence-electron chi connectivity index (χ4n) is 1.46. The van der Waals surface area contributed by atoms with Crippen LogP contribution in [0, 0.1) is 0 Å². The number of carboxylic acid groups (broad SMARTS) is 1. The number of hydrogen-bond donors (Lipinski definition) is 1. The number of carbonyl (C=O) groups is 2. The number of rotatable bonds is 5. The van der Waals surface area contributed by atoms with Gasteiger partial charge in [-0.2, -0.15) is 0 Å². The minimum absolute atomic E-state index is 0.0129. The minimum Gasteiger partial charge on any atom is -0.496 e. The van der Waals surface area contributed by atoms with Gasteiger partial charge in [0.2, 0.25) is 0 Å². The topological polar surface area (TPSA) is 72.8 Å². The molecule has 0 unspecified atom stereocenters. The van der Waals surface area contributed by atoms with Gasteiger partial charge in [0.05, 0.1) is 19.8 Å². The van der Waals surface area contributed by atoms with Gasteiger partial charge in [0.1, 0.15) is 5.75 Å². The van der Waals surface area contributed by atoms with Crippen LogP contribution in [0.25, 0.3) is 0 Å². The maximum atomic E-state index is 11.3. The number of ether oxygens (including phenoxy) is 2. The minimum atomic E-state index is -0.893. The van der Waals surface area contributed by atoms with Crippen molar-refractivity contribution in [1.82, 2.24) is 0 Å². The number of esters is 1. The van der Waals surface area contributed by atoms with Crippen molar-refractivity contribution in [1.29, 1.82) is 0 Å². The highest BCUT2D eigenvalue weighted by atomic mass is 16.5. The second-order valence-corrected chi connectivity index (χ2v) is 3.41. The maximum absolute atomic E-state index is 11.3. The van der Waals surface area contributed by atoms with E-state index in [9.17, 15) is 9.59 Å². The molecule has 1 rings (SSSR count). The molecule has 0 saturated carbocycles. The summed E-state index contributed by atoms with van der Waals surface area (Å²) in [6.45, 7) is 0. The van der Waals surface area contributed by atoms with Gasteiger partial charge < -0.3 is 14.6 Å². The van der Waals surface area contributed by atoms with E-state index in [1.807, 2.05) is 0 Å². The van der Waals surface area contributed by atoms with Gasteiger partial charge in [0, 0.05) is 6.42 Å². The lowest BCUT2D eigenvalue weighted by molar-refractivity contribution is -0.136. The molecule has 1 N–H and O–H groups in total. The molecule has 0 saturated heterocycles. The molecular weight excluding hydrogens is 224 g/mol. The van der Waals surface area contributed by atoms with Gasteiger partial charge in [-0.15, -0.1) is 0 Å². The van der Waals surface area contributed by atoms with Gasteiger partial charge in [-0.05, 0) is 30.2 Å². The molecule has 92 valence electrons. The fraction of sp³-hybridized carbons (Fsp3) is 0.333. The van der Waals surface area contributed by atoms with Crippen molar-refractivity contribution in [3.8, 4) is 5.75 Å². The average molecular weight is 238 g/mol. The lowest BCUT2D eigenvalue weighted by Crippen LogP contribution is -2.04. The summed E-state index contributed by atoms with van der Waals surface area (Å²) < 4.78 is 9.70. The number of benzene rings is 1. The highest BCUT2D eigenvalue weighted by Crippen LogP contribution is 2.21. The lowest BCUT2D eigenvalue weighted by atomic mass is 10.1. The summed E-state index contributed by atoms with van der Waals surface area (Å²) in [6, 6.07) is 4.80. The Hall–Kier alpha value is -2.04. The van der Waals surface area contributed by atoms with E-state index >= 15 is 0 Å². The average Bonchev–Trinajstić information content (AvgIpc) is 2.34. The van der Waals surface area contributed by atoms with E-state index in [2.05, 4.69) is 4.74 Å². The third-order valence-corrected chi connectivity index (χ3v) is 2.31. The molecule has 0 aliphatic heterocycles. The third-order valence-electron chi connectivity index (χ3n) is 2.31. The van der Waals surface area contributed by atoms with Crippen molar-refractivity contribution in [2.45, 2.75) is 12.8 Å². The molecule has 0 amide bonds. The molecule has 5 heteroatoms. The Balaban J connectivity index is 2.97. The summed E-state index contributed by atoms with van der Waals surface area (Å²) >= 11 is 0. The van der Waals surface area contributed by atoms with Crippen LogP contribution >= 0.6 is 0 Å². The molecule has 1 aromatic rings. The predicted octanol–water partition coefficient (Wildman–Crippen LogP) is 1.50.